The summed E-state index contributed by atoms with van der Waals surface area (Å²) in [5.74, 6) is -0.451. The summed E-state index contributed by atoms with van der Waals surface area (Å²) in [5, 5.41) is 0.848. The number of pyridine rings is 2. The van der Waals surface area contributed by atoms with Crippen molar-refractivity contribution < 1.29 is 14.3 Å². The first-order valence-electron chi connectivity index (χ1n) is 10.4. The van der Waals surface area contributed by atoms with Gasteiger partial charge in [-0.05, 0) is 38.1 Å². The van der Waals surface area contributed by atoms with E-state index in [1.165, 1.54) is 6.34 Å². The van der Waals surface area contributed by atoms with Crippen molar-refractivity contribution in [2.75, 3.05) is 27.2 Å². The molecule has 0 aliphatic carbocycles. The minimum absolute atomic E-state index is 0.0106. The second-order valence-corrected chi connectivity index (χ2v) is 8.20. The molecule has 2 unspecified atom stereocenters. The fourth-order valence-corrected chi connectivity index (χ4v) is 3.76. The molecule has 4 rings (SSSR count). The standard InChI is InChI=1S/C23H26N6O3/c1-15-12-28(13-16(2)32-15)23(31)18-9-17-7-8-29(21(17)25-10-18)19-5-6-20(24-11-19)22(30)26-14-27(3)4/h5-11,14-16H,12-13H2,1-4H3/b26-14+. The predicted octanol–water partition coefficient (Wildman–Crippen LogP) is 2.40. The third kappa shape index (κ3) is 4.52. The summed E-state index contributed by atoms with van der Waals surface area (Å²) in [6.45, 7) is 5.08. The zero-order chi connectivity index (χ0) is 22.8. The maximum absolute atomic E-state index is 13.0. The fourth-order valence-electron chi connectivity index (χ4n) is 3.76. The van der Waals surface area contributed by atoms with Gasteiger partial charge in [0.05, 0.1) is 36.0 Å². The molecule has 1 saturated heterocycles. The number of carbonyl (C=O) groups excluding carboxylic acids is 2. The number of amides is 2. The van der Waals surface area contributed by atoms with Crippen LogP contribution in [0, 0.1) is 0 Å². The van der Waals surface area contributed by atoms with Crippen LogP contribution in [0.15, 0.2) is 47.8 Å². The molecule has 3 aromatic rings. The lowest BCUT2D eigenvalue weighted by molar-refractivity contribution is -0.0586. The van der Waals surface area contributed by atoms with Crippen molar-refractivity contribution in [1.82, 2.24) is 24.3 Å². The Balaban J connectivity index is 1.55. The van der Waals surface area contributed by atoms with Crippen LogP contribution >= 0.6 is 0 Å². The Morgan fingerprint density at radius 3 is 2.53 bits per heavy atom. The third-order valence-electron chi connectivity index (χ3n) is 5.13. The van der Waals surface area contributed by atoms with Crippen molar-refractivity contribution in [3.05, 3.63) is 54.1 Å². The van der Waals surface area contributed by atoms with Crippen LogP contribution in [0.4, 0.5) is 0 Å². The molecule has 9 heteroatoms. The van der Waals surface area contributed by atoms with Gasteiger partial charge in [-0.15, -0.1) is 0 Å². The van der Waals surface area contributed by atoms with E-state index in [4.69, 9.17) is 4.74 Å². The molecule has 0 radical (unpaired) electrons. The molecule has 4 heterocycles. The number of hydrogen-bond acceptors (Lipinski definition) is 5. The van der Waals surface area contributed by atoms with E-state index in [0.29, 0.717) is 24.3 Å². The van der Waals surface area contributed by atoms with Crippen LogP contribution < -0.4 is 0 Å². The van der Waals surface area contributed by atoms with Gasteiger partial charge in [0.15, 0.2) is 0 Å². The fraction of sp³-hybridized carbons (Fsp3) is 0.348. The molecule has 1 fully saturated rings. The smallest absolute Gasteiger partial charge is 0.296 e. The highest BCUT2D eigenvalue weighted by atomic mass is 16.5. The van der Waals surface area contributed by atoms with Crippen molar-refractivity contribution in [2.45, 2.75) is 26.1 Å². The molecule has 2 amide bonds. The number of aromatic nitrogens is 3. The second kappa shape index (κ2) is 8.88. The average molecular weight is 435 g/mol. The summed E-state index contributed by atoms with van der Waals surface area (Å²) < 4.78 is 7.59. The molecular formula is C23H26N6O3. The Morgan fingerprint density at radius 2 is 1.88 bits per heavy atom. The first-order valence-corrected chi connectivity index (χ1v) is 10.4. The van der Waals surface area contributed by atoms with Crippen LogP contribution in [-0.2, 0) is 4.74 Å². The predicted molar refractivity (Wildman–Crippen MR) is 121 cm³/mol. The van der Waals surface area contributed by atoms with E-state index in [1.807, 2.05) is 41.6 Å². The van der Waals surface area contributed by atoms with Crippen LogP contribution in [-0.4, -0.2) is 81.9 Å². The summed E-state index contributed by atoms with van der Waals surface area (Å²) >= 11 is 0. The number of rotatable bonds is 4. The van der Waals surface area contributed by atoms with E-state index >= 15 is 0 Å². The lowest BCUT2D eigenvalue weighted by Gasteiger charge is -2.35. The zero-order valence-electron chi connectivity index (χ0n) is 18.6. The van der Waals surface area contributed by atoms with E-state index in [2.05, 4.69) is 15.0 Å². The van der Waals surface area contributed by atoms with Gasteiger partial charge in [0, 0.05) is 45.0 Å². The van der Waals surface area contributed by atoms with Gasteiger partial charge in [-0.1, -0.05) is 0 Å². The zero-order valence-corrected chi connectivity index (χ0v) is 18.6. The van der Waals surface area contributed by atoms with Crippen LogP contribution in [0.25, 0.3) is 16.7 Å². The number of aliphatic imine (C=N–C) groups is 1. The maximum Gasteiger partial charge on any atom is 0.296 e. The van der Waals surface area contributed by atoms with E-state index < -0.39 is 5.91 Å². The Kier molecular flexibility index (Phi) is 6.00. The number of carbonyl (C=O) groups is 2. The quantitative estimate of drug-likeness (QED) is 0.462. The first kappa shape index (κ1) is 21.6. The van der Waals surface area contributed by atoms with Gasteiger partial charge in [0.2, 0.25) is 0 Å². The van der Waals surface area contributed by atoms with Crippen molar-refractivity contribution in [3.8, 4) is 5.69 Å². The molecule has 0 bridgehead atoms. The largest absolute Gasteiger partial charge is 0.372 e. The summed E-state index contributed by atoms with van der Waals surface area (Å²) in [6.07, 6.45) is 6.54. The summed E-state index contributed by atoms with van der Waals surface area (Å²) in [4.78, 5) is 41.2. The number of ether oxygens (including phenoxy) is 1. The molecule has 0 saturated carbocycles. The normalized spacial score (nSPS) is 18.9. The molecule has 2 atom stereocenters. The van der Waals surface area contributed by atoms with Gasteiger partial charge in [-0.25, -0.2) is 9.97 Å². The van der Waals surface area contributed by atoms with Gasteiger partial charge in [-0.3, -0.25) is 14.2 Å². The van der Waals surface area contributed by atoms with E-state index in [9.17, 15) is 9.59 Å². The lowest BCUT2D eigenvalue weighted by Crippen LogP contribution is -2.48. The molecule has 0 aromatic carbocycles. The highest BCUT2D eigenvalue weighted by Gasteiger charge is 2.27. The van der Waals surface area contributed by atoms with Crippen LogP contribution in [0.1, 0.15) is 34.7 Å². The van der Waals surface area contributed by atoms with E-state index in [0.717, 1.165) is 11.1 Å². The van der Waals surface area contributed by atoms with Crippen LogP contribution in [0.5, 0.6) is 0 Å². The Bertz CT molecular complexity index is 1160. The molecule has 3 aromatic heterocycles. The molecule has 1 aliphatic heterocycles. The van der Waals surface area contributed by atoms with Crippen molar-refractivity contribution in [2.24, 2.45) is 4.99 Å². The number of morpholine rings is 1. The highest BCUT2D eigenvalue weighted by molar-refractivity contribution is 5.98. The second-order valence-electron chi connectivity index (χ2n) is 8.20. The van der Waals surface area contributed by atoms with E-state index in [1.54, 1.807) is 43.5 Å². The monoisotopic (exact) mass is 434 g/mol. The summed E-state index contributed by atoms with van der Waals surface area (Å²) in [7, 11) is 3.58. The number of fused-ring (bicyclic) bond motifs is 1. The SMILES string of the molecule is CC1CN(C(=O)c2cnc3c(ccn3-c3ccc(C(=O)/N=C/N(C)C)nc3)c2)CC(C)O1. The van der Waals surface area contributed by atoms with Gasteiger partial charge in [0.25, 0.3) is 11.8 Å². The molecule has 0 spiro atoms. The van der Waals surface area contributed by atoms with Crippen LogP contribution in [0.2, 0.25) is 0 Å². The van der Waals surface area contributed by atoms with Crippen molar-refractivity contribution >= 4 is 29.2 Å². The van der Waals surface area contributed by atoms with E-state index in [-0.39, 0.29) is 23.8 Å². The van der Waals surface area contributed by atoms with Gasteiger partial charge in [0.1, 0.15) is 11.3 Å². The average Bonchev–Trinajstić information content (AvgIpc) is 3.19. The first-order chi connectivity index (χ1) is 15.3. The van der Waals surface area contributed by atoms with Crippen molar-refractivity contribution in [1.29, 1.82) is 0 Å². The molecule has 9 nitrogen and oxygen atoms in total. The van der Waals surface area contributed by atoms with Gasteiger partial charge < -0.3 is 14.5 Å². The summed E-state index contributed by atoms with van der Waals surface area (Å²) in [5.41, 5.74) is 2.28. The Morgan fingerprint density at radius 1 is 1.12 bits per heavy atom. The summed E-state index contributed by atoms with van der Waals surface area (Å²) in [6, 6.07) is 7.19. The molecular weight excluding hydrogens is 408 g/mol. The molecule has 166 valence electrons. The van der Waals surface area contributed by atoms with Crippen LogP contribution in [0.3, 0.4) is 0 Å². The topological polar surface area (TPSA) is 92.9 Å². The minimum atomic E-state index is -0.407. The highest BCUT2D eigenvalue weighted by Crippen LogP contribution is 2.21. The Hall–Kier alpha value is -3.59. The molecule has 0 N–H and O–H groups in total. The molecule has 1 aliphatic rings. The molecule has 32 heavy (non-hydrogen) atoms. The van der Waals surface area contributed by atoms with Gasteiger partial charge in [-0.2, -0.15) is 4.99 Å². The minimum Gasteiger partial charge on any atom is -0.372 e. The Labute approximate surface area is 186 Å². The number of nitrogens with zero attached hydrogens (tertiary/aromatic N) is 6. The maximum atomic E-state index is 13.0. The number of hydrogen-bond donors (Lipinski definition) is 0. The third-order valence-corrected chi connectivity index (χ3v) is 5.13. The van der Waals surface area contributed by atoms with Crippen molar-refractivity contribution in [3.63, 3.8) is 0 Å². The van der Waals surface area contributed by atoms with Gasteiger partial charge >= 0.3 is 0 Å². The lowest BCUT2D eigenvalue weighted by atomic mass is 10.1.